The van der Waals surface area contributed by atoms with Crippen molar-refractivity contribution in [3.63, 3.8) is 0 Å². The summed E-state index contributed by atoms with van der Waals surface area (Å²) in [5.74, 6) is 0.396. The van der Waals surface area contributed by atoms with Crippen LogP contribution < -0.4 is 14.4 Å². The summed E-state index contributed by atoms with van der Waals surface area (Å²) in [5, 5.41) is 19.6. The van der Waals surface area contributed by atoms with Gasteiger partial charge in [-0.2, -0.15) is 15.1 Å². The molecule has 0 spiro atoms. The van der Waals surface area contributed by atoms with Gasteiger partial charge in [-0.25, -0.2) is 9.37 Å². The van der Waals surface area contributed by atoms with E-state index in [-0.39, 0.29) is 41.7 Å². The monoisotopic (exact) mass is 645 g/mol. The third-order valence-electron chi connectivity index (χ3n) is 10.9. The lowest BCUT2D eigenvalue weighted by Crippen LogP contribution is -2.50. The summed E-state index contributed by atoms with van der Waals surface area (Å²) in [6, 6.07) is 2.64. The number of hydrogen-bond donors (Lipinski definition) is 2. The highest BCUT2D eigenvalue weighted by Crippen LogP contribution is 2.50. The zero-order chi connectivity index (χ0) is 32.5. The number of ether oxygens (including phenoxy) is 3. The molecule has 2 saturated heterocycles. The Hall–Kier alpha value is -3.61. The summed E-state index contributed by atoms with van der Waals surface area (Å²) >= 11 is 0. The van der Waals surface area contributed by atoms with E-state index in [4.69, 9.17) is 29.2 Å². The first-order valence-corrected chi connectivity index (χ1v) is 17.0. The second-order valence-corrected chi connectivity index (χ2v) is 14.5. The number of anilines is 1. The van der Waals surface area contributed by atoms with Crippen molar-refractivity contribution in [2.45, 2.75) is 76.4 Å². The fourth-order valence-electron chi connectivity index (χ4n) is 8.67. The minimum atomic E-state index is -1.15. The normalized spacial score (nSPS) is 26.9. The van der Waals surface area contributed by atoms with E-state index in [1.165, 1.54) is 7.11 Å². The molecule has 3 atom stereocenters. The summed E-state index contributed by atoms with van der Waals surface area (Å²) in [4.78, 5) is 18.9. The van der Waals surface area contributed by atoms with Crippen LogP contribution in [0, 0.1) is 18.2 Å². The number of H-pyrrole nitrogens is 1. The first-order valence-electron chi connectivity index (χ1n) is 17.0. The number of pyridine rings is 1. The number of benzene rings is 1. The summed E-state index contributed by atoms with van der Waals surface area (Å²) in [5.41, 5.74) is 2.83. The van der Waals surface area contributed by atoms with Crippen LogP contribution in [-0.4, -0.2) is 100 Å². The minimum Gasteiger partial charge on any atom is -0.480 e. The van der Waals surface area contributed by atoms with Crippen molar-refractivity contribution in [3.8, 4) is 23.1 Å². The number of aryl methyl sites for hydroxylation is 1. The molecule has 1 aromatic carbocycles. The number of β-amino-alcohol motifs (C(OH)–C–C–N with tert-alkyl or cyclic N) is 1. The Kier molecular flexibility index (Phi) is 7.53. The highest BCUT2D eigenvalue weighted by Gasteiger charge is 2.47. The van der Waals surface area contributed by atoms with E-state index >= 15 is 4.39 Å². The van der Waals surface area contributed by atoms with Crippen molar-refractivity contribution in [2.75, 3.05) is 58.5 Å². The van der Waals surface area contributed by atoms with Gasteiger partial charge in [0.25, 0.3) is 0 Å². The van der Waals surface area contributed by atoms with E-state index in [1.54, 1.807) is 13.1 Å². The number of nitrogens with one attached hydrogen (secondary N) is 1. The van der Waals surface area contributed by atoms with E-state index in [2.05, 4.69) is 35.1 Å². The Bertz CT molecular complexity index is 1840. The Morgan fingerprint density at radius 1 is 1.15 bits per heavy atom. The topological polar surface area (TPSA) is 122 Å². The van der Waals surface area contributed by atoms with Gasteiger partial charge in [-0.05, 0) is 89.1 Å². The number of hydrogen-bond acceptors (Lipinski definition) is 10. The van der Waals surface area contributed by atoms with Crippen LogP contribution in [0.4, 0.5) is 10.2 Å². The van der Waals surface area contributed by atoms with Gasteiger partial charge in [0.05, 0.1) is 45.2 Å². The van der Waals surface area contributed by atoms with Crippen LogP contribution >= 0.6 is 0 Å². The number of fused-ring (bicyclic) bond motifs is 3. The van der Waals surface area contributed by atoms with E-state index in [0.717, 1.165) is 79.1 Å². The number of aromatic amines is 1. The first kappa shape index (κ1) is 30.7. The number of aromatic nitrogens is 5. The second kappa shape index (κ2) is 11.5. The van der Waals surface area contributed by atoms with Gasteiger partial charge in [0.1, 0.15) is 28.0 Å². The molecule has 4 aromatic rings. The van der Waals surface area contributed by atoms with Crippen LogP contribution in [-0.2, 0) is 4.74 Å². The second-order valence-electron chi connectivity index (χ2n) is 14.5. The average molecular weight is 646 g/mol. The highest BCUT2D eigenvalue weighted by molar-refractivity contribution is 6.01. The fourth-order valence-corrected chi connectivity index (χ4v) is 8.67. The molecule has 11 nitrogen and oxygen atoms in total. The molecule has 0 amide bonds. The highest BCUT2D eigenvalue weighted by atomic mass is 19.1. The van der Waals surface area contributed by atoms with E-state index < -0.39 is 11.4 Å². The van der Waals surface area contributed by atoms with E-state index in [9.17, 15) is 5.11 Å². The molecule has 2 aliphatic heterocycles. The summed E-state index contributed by atoms with van der Waals surface area (Å²) in [7, 11) is 3.74. The van der Waals surface area contributed by atoms with Crippen LogP contribution in [0.3, 0.4) is 0 Å². The third kappa shape index (κ3) is 5.28. The molecule has 4 fully saturated rings. The van der Waals surface area contributed by atoms with Crippen molar-refractivity contribution in [1.82, 2.24) is 30.0 Å². The Morgan fingerprint density at radius 2 is 1.98 bits per heavy atom. The molecule has 2 aliphatic carbocycles. The smallest absolute Gasteiger partial charge is 0.319 e. The SMILES string of the molecule is COc1nc(-c2c(C3CC3)c(C)cc3[nH]ncc23)c(F)c2nc(OCC34CCCC3N(C)CCC4)nc(N3CCOCC(C)(O)C3)c12. The van der Waals surface area contributed by atoms with Crippen molar-refractivity contribution in [2.24, 2.45) is 5.41 Å². The largest absolute Gasteiger partial charge is 0.480 e. The van der Waals surface area contributed by atoms with E-state index in [1.807, 2.05) is 4.90 Å². The van der Waals surface area contributed by atoms with Crippen LogP contribution in [0.1, 0.15) is 68.9 Å². The molecular weight excluding hydrogens is 601 g/mol. The van der Waals surface area contributed by atoms with E-state index in [0.29, 0.717) is 42.9 Å². The lowest BCUT2D eigenvalue weighted by molar-refractivity contribution is -0.0123. The van der Waals surface area contributed by atoms with Crippen molar-refractivity contribution >= 4 is 27.6 Å². The summed E-state index contributed by atoms with van der Waals surface area (Å²) in [6.45, 7) is 6.55. The molecule has 250 valence electrons. The van der Waals surface area contributed by atoms with Crippen molar-refractivity contribution in [1.29, 1.82) is 0 Å². The number of rotatable bonds is 7. The van der Waals surface area contributed by atoms with Gasteiger partial charge < -0.3 is 29.1 Å². The van der Waals surface area contributed by atoms with Crippen molar-refractivity contribution < 1.29 is 23.7 Å². The van der Waals surface area contributed by atoms with Gasteiger partial charge >= 0.3 is 6.01 Å². The molecule has 8 rings (SSSR count). The maximum absolute atomic E-state index is 17.3. The molecule has 0 bridgehead atoms. The number of aliphatic hydroxyl groups is 1. The van der Waals surface area contributed by atoms with Crippen LogP contribution in [0.15, 0.2) is 12.3 Å². The van der Waals surface area contributed by atoms with Crippen LogP contribution in [0.5, 0.6) is 11.9 Å². The zero-order valence-electron chi connectivity index (χ0n) is 27.7. The molecule has 5 heterocycles. The Labute approximate surface area is 273 Å². The van der Waals surface area contributed by atoms with Gasteiger partial charge in [0, 0.05) is 29.0 Å². The lowest BCUT2D eigenvalue weighted by Gasteiger charge is -2.44. The predicted octanol–water partition coefficient (Wildman–Crippen LogP) is 5.13. The molecular formula is C35H44FN7O4. The number of methoxy groups -OCH3 is 1. The zero-order valence-corrected chi connectivity index (χ0v) is 27.7. The van der Waals surface area contributed by atoms with Gasteiger partial charge in [0.2, 0.25) is 5.88 Å². The van der Waals surface area contributed by atoms with Gasteiger partial charge in [0.15, 0.2) is 5.82 Å². The average Bonchev–Trinajstić information content (AvgIpc) is 3.67. The number of likely N-dealkylation sites (tertiary alicyclic amines) is 1. The molecule has 4 aliphatic rings. The number of nitrogens with zero attached hydrogens (tertiary/aromatic N) is 6. The van der Waals surface area contributed by atoms with Crippen molar-refractivity contribution in [3.05, 3.63) is 29.2 Å². The van der Waals surface area contributed by atoms with Crippen LogP contribution in [0.2, 0.25) is 0 Å². The molecule has 3 aromatic heterocycles. The molecule has 12 heteroatoms. The molecule has 3 unspecified atom stereocenters. The maximum atomic E-state index is 17.3. The standard InChI is InChI=1S/C35H44FN7O4/c1-20-15-23-22(16-37-41-23)26(25(20)21-8-9-21)29-28(36)30-27(32(38-29)45-4)31(43-13-14-46-18-34(2,44)17-43)40-33(39-30)47-19-35-10-5-7-24(35)42(3)12-6-11-35/h15-16,21,24,44H,5-14,17-19H2,1-4H3,(H,37,41). The number of piperidine rings is 1. The Balaban J connectivity index is 1.32. The quantitative estimate of drug-likeness (QED) is 0.280. The molecule has 0 radical (unpaired) electrons. The predicted molar refractivity (Wildman–Crippen MR) is 177 cm³/mol. The first-order chi connectivity index (χ1) is 22.7. The third-order valence-corrected chi connectivity index (χ3v) is 10.9. The lowest BCUT2D eigenvalue weighted by atomic mass is 9.76. The molecule has 47 heavy (non-hydrogen) atoms. The fraction of sp³-hybridized carbons (Fsp3) is 0.600. The number of halogens is 1. The van der Waals surface area contributed by atoms with Gasteiger partial charge in [-0.1, -0.05) is 6.42 Å². The summed E-state index contributed by atoms with van der Waals surface area (Å²) < 4.78 is 35.5. The maximum Gasteiger partial charge on any atom is 0.319 e. The van der Waals surface area contributed by atoms with Gasteiger partial charge in [-0.3, -0.25) is 5.10 Å². The minimum absolute atomic E-state index is 0.0128. The van der Waals surface area contributed by atoms with Gasteiger partial charge in [-0.15, -0.1) is 0 Å². The summed E-state index contributed by atoms with van der Waals surface area (Å²) in [6.07, 6.45) is 9.43. The molecule has 2 N–H and O–H groups in total. The Morgan fingerprint density at radius 3 is 2.79 bits per heavy atom. The van der Waals surface area contributed by atoms with Crippen LogP contribution in [0.25, 0.3) is 33.1 Å². The molecule has 2 saturated carbocycles.